The maximum atomic E-state index is 10.7. The van der Waals surface area contributed by atoms with Crippen LogP contribution < -0.4 is 0 Å². The number of benzene rings is 1. The Balaban J connectivity index is 2.73. The standard InChI is InChI=1S/C15H16ClNO2/c1-3-9-17-14-10(2)5-4-6-11(14)12(15(17)16)7-8-13(18)19/h4-8H,3,9H2,1-2H3,(H,18,19)/b8-7+. The van der Waals surface area contributed by atoms with Crippen LogP contribution in [0.4, 0.5) is 0 Å². The van der Waals surface area contributed by atoms with Crippen LogP contribution in [0.15, 0.2) is 24.3 Å². The summed E-state index contributed by atoms with van der Waals surface area (Å²) in [5.41, 5.74) is 3.00. The lowest BCUT2D eigenvalue weighted by atomic mass is 10.1. The van der Waals surface area contributed by atoms with Gasteiger partial charge in [0.15, 0.2) is 0 Å². The molecule has 0 atom stereocenters. The van der Waals surface area contributed by atoms with Crippen LogP contribution >= 0.6 is 11.6 Å². The summed E-state index contributed by atoms with van der Waals surface area (Å²) >= 11 is 6.41. The fourth-order valence-electron chi connectivity index (χ4n) is 2.34. The molecule has 2 rings (SSSR count). The second kappa shape index (κ2) is 5.49. The number of carbonyl (C=O) groups is 1. The van der Waals surface area contributed by atoms with Crippen molar-refractivity contribution < 1.29 is 9.90 Å². The summed E-state index contributed by atoms with van der Waals surface area (Å²) in [5.74, 6) is -0.972. The Hall–Kier alpha value is -1.74. The Morgan fingerprint density at radius 3 is 2.84 bits per heavy atom. The van der Waals surface area contributed by atoms with Gasteiger partial charge in [-0.3, -0.25) is 0 Å². The molecule has 0 saturated heterocycles. The first-order valence-electron chi connectivity index (χ1n) is 6.24. The minimum atomic E-state index is -0.972. The number of hydrogen-bond donors (Lipinski definition) is 1. The number of carboxylic acid groups (broad SMARTS) is 1. The molecule has 0 amide bonds. The largest absolute Gasteiger partial charge is 0.478 e. The molecule has 1 aromatic heterocycles. The van der Waals surface area contributed by atoms with Crippen LogP contribution in [0.25, 0.3) is 17.0 Å². The van der Waals surface area contributed by atoms with E-state index in [0.29, 0.717) is 5.15 Å². The van der Waals surface area contributed by atoms with Crippen molar-refractivity contribution in [2.75, 3.05) is 0 Å². The lowest BCUT2D eigenvalue weighted by Gasteiger charge is -2.06. The fraction of sp³-hybridized carbons (Fsp3) is 0.267. The van der Waals surface area contributed by atoms with Crippen molar-refractivity contribution in [3.8, 4) is 0 Å². The minimum Gasteiger partial charge on any atom is -0.478 e. The van der Waals surface area contributed by atoms with Crippen LogP contribution in [0.5, 0.6) is 0 Å². The molecule has 19 heavy (non-hydrogen) atoms. The lowest BCUT2D eigenvalue weighted by molar-refractivity contribution is -0.131. The number of para-hydroxylation sites is 1. The number of aromatic nitrogens is 1. The molecule has 1 heterocycles. The number of halogens is 1. The van der Waals surface area contributed by atoms with E-state index < -0.39 is 5.97 Å². The molecular weight excluding hydrogens is 262 g/mol. The predicted octanol–water partition coefficient (Wildman–Crippen LogP) is 4.11. The molecule has 1 aromatic carbocycles. The topological polar surface area (TPSA) is 42.2 Å². The van der Waals surface area contributed by atoms with Gasteiger partial charge in [0, 0.05) is 23.6 Å². The molecule has 4 heteroatoms. The highest BCUT2D eigenvalue weighted by atomic mass is 35.5. The van der Waals surface area contributed by atoms with Gasteiger partial charge < -0.3 is 9.67 Å². The smallest absolute Gasteiger partial charge is 0.328 e. The number of rotatable bonds is 4. The number of nitrogens with zero attached hydrogens (tertiary/aromatic N) is 1. The molecule has 0 aliphatic heterocycles. The van der Waals surface area contributed by atoms with Crippen LogP contribution in [0.3, 0.4) is 0 Å². The van der Waals surface area contributed by atoms with E-state index in [-0.39, 0.29) is 0 Å². The first-order chi connectivity index (χ1) is 9.06. The van der Waals surface area contributed by atoms with Crippen molar-refractivity contribution in [2.24, 2.45) is 0 Å². The van der Waals surface area contributed by atoms with Gasteiger partial charge in [0.25, 0.3) is 0 Å². The van der Waals surface area contributed by atoms with E-state index >= 15 is 0 Å². The van der Waals surface area contributed by atoms with Crippen molar-refractivity contribution in [1.82, 2.24) is 4.57 Å². The van der Waals surface area contributed by atoms with E-state index in [4.69, 9.17) is 16.7 Å². The van der Waals surface area contributed by atoms with Crippen LogP contribution in [-0.2, 0) is 11.3 Å². The Morgan fingerprint density at radius 2 is 2.21 bits per heavy atom. The third-order valence-corrected chi connectivity index (χ3v) is 3.50. The molecule has 0 unspecified atom stereocenters. The zero-order valence-corrected chi connectivity index (χ0v) is 11.7. The normalized spacial score (nSPS) is 11.5. The molecular formula is C15H16ClNO2. The number of carboxylic acids is 1. The van der Waals surface area contributed by atoms with Crippen molar-refractivity contribution in [3.05, 3.63) is 40.6 Å². The first kappa shape index (κ1) is 13.7. The minimum absolute atomic E-state index is 0.601. The molecule has 2 aromatic rings. The number of aryl methyl sites for hydroxylation is 2. The number of hydrogen-bond acceptors (Lipinski definition) is 1. The molecule has 0 bridgehead atoms. The van der Waals surface area contributed by atoms with Crippen molar-refractivity contribution in [1.29, 1.82) is 0 Å². The van der Waals surface area contributed by atoms with Crippen molar-refractivity contribution in [3.63, 3.8) is 0 Å². The Kier molecular flexibility index (Phi) is 3.96. The van der Waals surface area contributed by atoms with E-state index in [0.717, 1.165) is 41.1 Å². The molecule has 0 saturated carbocycles. The molecule has 3 nitrogen and oxygen atoms in total. The Labute approximate surface area is 117 Å². The van der Waals surface area contributed by atoms with Crippen LogP contribution in [0.1, 0.15) is 24.5 Å². The molecule has 1 N–H and O–H groups in total. The second-order valence-electron chi connectivity index (χ2n) is 4.50. The van der Waals surface area contributed by atoms with Gasteiger partial charge in [-0.05, 0) is 25.0 Å². The van der Waals surface area contributed by atoms with E-state index in [1.807, 2.05) is 29.7 Å². The number of fused-ring (bicyclic) bond motifs is 1. The number of aliphatic carboxylic acids is 1. The average molecular weight is 278 g/mol. The quantitative estimate of drug-likeness (QED) is 0.855. The highest BCUT2D eigenvalue weighted by Crippen LogP contribution is 2.33. The zero-order valence-electron chi connectivity index (χ0n) is 11.0. The van der Waals surface area contributed by atoms with E-state index in [1.54, 1.807) is 6.08 Å². The SMILES string of the molecule is CCCn1c(Cl)c(/C=C/C(=O)O)c2cccc(C)c21. The molecule has 0 radical (unpaired) electrons. The van der Waals surface area contributed by atoms with Gasteiger partial charge >= 0.3 is 5.97 Å². The van der Waals surface area contributed by atoms with Gasteiger partial charge in [0.1, 0.15) is 5.15 Å². The molecule has 0 aliphatic carbocycles. The van der Waals surface area contributed by atoms with Gasteiger partial charge in [-0.25, -0.2) is 4.79 Å². The van der Waals surface area contributed by atoms with E-state index in [2.05, 4.69) is 6.92 Å². The highest BCUT2D eigenvalue weighted by Gasteiger charge is 2.14. The maximum Gasteiger partial charge on any atom is 0.328 e. The Bertz CT molecular complexity index is 656. The van der Waals surface area contributed by atoms with Crippen molar-refractivity contribution in [2.45, 2.75) is 26.8 Å². The van der Waals surface area contributed by atoms with Gasteiger partial charge in [-0.2, -0.15) is 0 Å². The summed E-state index contributed by atoms with van der Waals surface area (Å²) < 4.78 is 2.05. The fourth-order valence-corrected chi connectivity index (χ4v) is 2.67. The summed E-state index contributed by atoms with van der Waals surface area (Å²) in [6.45, 7) is 4.95. The summed E-state index contributed by atoms with van der Waals surface area (Å²) in [4.78, 5) is 10.7. The van der Waals surface area contributed by atoms with Crippen molar-refractivity contribution >= 4 is 34.5 Å². The van der Waals surface area contributed by atoms with Gasteiger partial charge in [-0.15, -0.1) is 0 Å². The average Bonchev–Trinajstić information content (AvgIpc) is 2.62. The summed E-state index contributed by atoms with van der Waals surface area (Å²) in [6, 6.07) is 5.97. The van der Waals surface area contributed by atoms with Crippen LogP contribution in [0, 0.1) is 6.92 Å². The maximum absolute atomic E-state index is 10.7. The predicted molar refractivity (Wildman–Crippen MR) is 78.6 cm³/mol. The lowest BCUT2D eigenvalue weighted by Crippen LogP contribution is -1.97. The monoisotopic (exact) mass is 277 g/mol. The molecule has 100 valence electrons. The molecule has 0 spiro atoms. The first-order valence-corrected chi connectivity index (χ1v) is 6.62. The third-order valence-electron chi connectivity index (χ3n) is 3.10. The summed E-state index contributed by atoms with van der Waals surface area (Å²) in [7, 11) is 0. The highest BCUT2D eigenvalue weighted by molar-refractivity contribution is 6.33. The van der Waals surface area contributed by atoms with Gasteiger partial charge in [0.05, 0.1) is 5.52 Å². The van der Waals surface area contributed by atoms with Crippen LogP contribution in [-0.4, -0.2) is 15.6 Å². The van der Waals surface area contributed by atoms with E-state index in [9.17, 15) is 4.79 Å². The van der Waals surface area contributed by atoms with Crippen LogP contribution in [0.2, 0.25) is 5.15 Å². The van der Waals surface area contributed by atoms with E-state index in [1.165, 1.54) is 0 Å². The molecule has 0 aliphatic rings. The zero-order chi connectivity index (χ0) is 14.0. The van der Waals surface area contributed by atoms with Gasteiger partial charge in [-0.1, -0.05) is 36.7 Å². The Morgan fingerprint density at radius 1 is 1.47 bits per heavy atom. The third kappa shape index (κ3) is 2.51. The summed E-state index contributed by atoms with van der Waals surface area (Å²) in [6.07, 6.45) is 3.66. The van der Waals surface area contributed by atoms with Gasteiger partial charge in [0.2, 0.25) is 0 Å². The summed E-state index contributed by atoms with van der Waals surface area (Å²) in [5, 5.41) is 10.4. The molecule has 0 fully saturated rings. The second-order valence-corrected chi connectivity index (χ2v) is 4.86.